The maximum Gasteiger partial charge on any atom is 0.304 e. The summed E-state index contributed by atoms with van der Waals surface area (Å²) < 4.78 is 0. The SMILES string of the molecule is CC(CC(=O)O)NCCc1ccsc1. The third-order valence-corrected chi connectivity index (χ3v) is 2.70. The zero-order valence-electron chi connectivity index (χ0n) is 8.19. The summed E-state index contributed by atoms with van der Waals surface area (Å²) in [6, 6.07) is 2.14. The van der Waals surface area contributed by atoms with E-state index in [-0.39, 0.29) is 12.5 Å². The molecule has 0 fully saturated rings. The topological polar surface area (TPSA) is 49.3 Å². The normalized spacial score (nSPS) is 12.6. The van der Waals surface area contributed by atoms with E-state index in [0.29, 0.717) is 0 Å². The molecule has 0 aliphatic rings. The van der Waals surface area contributed by atoms with Gasteiger partial charge in [0.2, 0.25) is 0 Å². The maximum atomic E-state index is 10.4. The molecular weight excluding hydrogens is 198 g/mol. The van der Waals surface area contributed by atoms with Gasteiger partial charge in [-0.2, -0.15) is 11.3 Å². The quantitative estimate of drug-likeness (QED) is 0.756. The lowest BCUT2D eigenvalue weighted by atomic mass is 10.2. The first-order chi connectivity index (χ1) is 6.68. The molecule has 1 unspecified atom stereocenters. The molecule has 0 bridgehead atoms. The van der Waals surface area contributed by atoms with Crippen molar-refractivity contribution in [3.05, 3.63) is 22.4 Å². The van der Waals surface area contributed by atoms with Gasteiger partial charge in [0.15, 0.2) is 0 Å². The average Bonchev–Trinajstić information content (AvgIpc) is 2.55. The molecule has 1 rings (SSSR count). The van der Waals surface area contributed by atoms with Crippen molar-refractivity contribution in [1.82, 2.24) is 5.32 Å². The minimum atomic E-state index is -0.750. The predicted molar refractivity (Wildman–Crippen MR) is 57.7 cm³/mol. The largest absolute Gasteiger partial charge is 0.481 e. The molecule has 0 aliphatic carbocycles. The molecule has 14 heavy (non-hydrogen) atoms. The highest BCUT2D eigenvalue weighted by Gasteiger charge is 2.05. The lowest BCUT2D eigenvalue weighted by molar-refractivity contribution is -0.137. The first-order valence-corrected chi connectivity index (χ1v) is 5.59. The lowest BCUT2D eigenvalue weighted by Crippen LogP contribution is -2.30. The Balaban J connectivity index is 2.12. The highest BCUT2D eigenvalue weighted by atomic mass is 32.1. The van der Waals surface area contributed by atoms with Crippen LogP contribution < -0.4 is 5.32 Å². The van der Waals surface area contributed by atoms with Crippen LogP contribution in [0.3, 0.4) is 0 Å². The molecule has 0 saturated heterocycles. The molecule has 1 aromatic heterocycles. The molecule has 0 amide bonds. The minimum Gasteiger partial charge on any atom is -0.481 e. The third-order valence-electron chi connectivity index (χ3n) is 1.97. The van der Waals surface area contributed by atoms with Gasteiger partial charge in [-0.05, 0) is 42.3 Å². The number of aliphatic carboxylic acids is 1. The summed E-state index contributed by atoms with van der Waals surface area (Å²) in [7, 11) is 0. The molecule has 1 heterocycles. The van der Waals surface area contributed by atoms with E-state index in [4.69, 9.17) is 5.11 Å². The molecule has 3 nitrogen and oxygen atoms in total. The molecule has 0 aliphatic heterocycles. The van der Waals surface area contributed by atoms with Crippen LogP contribution in [-0.4, -0.2) is 23.7 Å². The van der Waals surface area contributed by atoms with Gasteiger partial charge in [0.05, 0.1) is 6.42 Å². The van der Waals surface area contributed by atoms with Gasteiger partial charge in [0.1, 0.15) is 0 Å². The maximum absolute atomic E-state index is 10.4. The lowest BCUT2D eigenvalue weighted by Gasteiger charge is -2.10. The number of hydrogen-bond donors (Lipinski definition) is 2. The summed E-state index contributed by atoms with van der Waals surface area (Å²) in [6.07, 6.45) is 1.15. The van der Waals surface area contributed by atoms with Crippen molar-refractivity contribution in [2.45, 2.75) is 25.8 Å². The first-order valence-electron chi connectivity index (χ1n) is 4.64. The van der Waals surface area contributed by atoms with Gasteiger partial charge in [-0.1, -0.05) is 0 Å². The molecule has 0 radical (unpaired) electrons. The molecule has 0 aromatic carbocycles. The van der Waals surface area contributed by atoms with Gasteiger partial charge in [-0.25, -0.2) is 0 Å². The van der Waals surface area contributed by atoms with Gasteiger partial charge in [-0.15, -0.1) is 0 Å². The minimum absolute atomic E-state index is 0.0473. The fourth-order valence-electron chi connectivity index (χ4n) is 1.23. The van der Waals surface area contributed by atoms with Crippen molar-refractivity contribution in [3.8, 4) is 0 Å². The van der Waals surface area contributed by atoms with Crippen LogP contribution >= 0.6 is 11.3 Å². The second-order valence-corrected chi connectivity index (χ2v) is 4.11. The van der Waals surface area contributed by atoms with E-state index in [1.807, 2.05) is 6.92 Å². The molecule has 2 N–H and O–H groups in total. The van der Waals surface area contributed by atoms with E-state index < -0.39 is 5.97 Å². The van der Waals surface area contributed by atoms with Gasteiger partial charge < -0.3 is 10.4 Å². The van der Waals surface area contributed by atoms with E-state index in [9.17, 15) is 4.79 Å². The standard InChI is InChI=1S/C10H15NO2S/c1-8(6-10(12)13)11-4-2-9-3-5-14-7-9/h3,5,7-8,11H,2,4,6H2,1H3,(H,12,13). The fourth-order valence-corrected chi connectivity index (χ4v) is 1.94. The van der Waals surface area contributed by atoms with Crippen LogP contribution in [0, 0.1) is 0 Å². The molecular formula is C10H15NO2S. The fraction of sp³-hybridized carbons (Fsp3) is 0.500. The van der Waals surface area contributed by atoms with Crippen LogP contribution in [0.4, 0.5) is 0 Å². The van der Waals surface area contributed by atoms with E-state index in [1.54, 1.807) is 11.3 Å². The van der Waals surface area contributed by atoms with E-state index in [0.717, 1.165) is 13.0 Å². The van der Waals surface area contributed by atoms with Crippen LogP contribution in [0.1, 0.15) is 18.9 Å². The molecule has 1 aromatic rings. The Morgan fingerprint density at radius 3 is 3.07 bits per heavy atom. The van der Waals surface area contributed by atoms with Crippen molar-refractivity contribution in [3.63, 3.8) is 0 Å². The monoisotopic (exact) mass is 213 g/mol. The zero-order valence-corrected chi connectivity index (χ0v) is 9.01. The number of carboxylic acid groups (broad SMARTS) is 1. The Hall–Kier alpha value is -0.870. The van der Waals surface area contributed by atoms with Crippen LogP contribution in [0.2, 0.25) is 0 Å². The number of thiophene rings is 1. The number of nitrogens with one attached hydrogen (secondary N) is 1. The Labute approximate surface area is 87.8 Å². The molecule has 78 valence electrons. The van der Waals surface area contributed by atoms with Gasteiger partial charge in [0.25, 0.3) is 0 Å². The number of carbonyl (C=O) groups is 1. The van der Waals surface area contributed by atoms with Crippen molar-refractivity contribution in [2.75, 3.05) is 6.54 Å². The zero-order chi connectivity index (χ0) is 10.4. The average molecular weight is 213 g/mol. The highest BCUT2D eigenvalue weighted by molar-refractivity contribution is 7.07. The van der Waals surface area contributed by atoms with E-state index >= 15 is 0 Å². The molecule has 4 heteroatoms. The Kier molecular flexibility index (Phi) is 4.62. The smallest absolute Gasteiger partial charge is 0.304 e. The van der Waals surface area contributed by atoms with Crippen LogP contribution in [0.15, 0.2) is 16.8 Å². The van der Waals surface area contributed by atoms with Crippen molar-refractivity contribution in [2.24, 2.45) is 0 Å². The molecule has 0 saturated carbocycles. The van der Waals surface area contributed by atoms with Crippen LogP contribution in [-0.2, 0) is 11.2 Å². The van der Waals surface area contributed by atoms with Crippen molar-refractivity contribution >= 4 is 17.3 Å². The summed E-state index contributed by atoms with van der Waals surface area (Å²) >= 11 is 1.69. The van der Waals surface area contributed by atoms with Crippen molar-refractivity contribution < 1.29 is 9.90 Å². The Morgan fingerprint density at radius 1 is 1.71 bits per heavy atom. The number of carboxylic acids is 1. The molecule has 0 spiro atoms. The van der Waals surface area contributed by atoms with E-state index in [2.05, 4.69) is 22.1 Å². The first kappa shape index (κ1) is 11.2. The second-order valence-electron chi connectivity index (χ2n) is 3.33. The summed E-state index contributed by atoms with van der Waals surface area (Å²) in [6.45, 7) is 2.73. The summed E-state index contributed by atoms with van der Waals surface area (Å²) in [5.41, 5.74) is 1.31. The van der Waals surface area contributed by atoms with Crippen LogP contribution in [0.5, 0.6) is 0 Å². The Morgan fingerprint density at radius 2 is 2.50 bits per heavy atom. The highest BCUT2D eigenvalue weighted by Crippen LogP contribution is 2.05. The summed E-state index contributed by atoms with van der Waals surface area (Å²) in [5.74, 6) is -0.750. The van der Waals surface area contributed by atoms with Gasteiger partial charge in [-0.3, -0.25) is 4.79 Å². The Bertz CT molecular complexity index is 272. The van der Waals surface area contributed by atoms with E-state index in [1.165, 1.54) is 5.56 Å². The van der Waals surface area contributed by atoms with Crippen molar-refractivity contribution in [1.29, 1.82) is 0 Å². The van der Waals surface area contributed by atoms with Gasteiger partial charge >= 0.3 is 5.97 Å². The number of hydrogen-bond acceptors (Lipinski definition) is 3. The molecule has 1 atom stereocenters. The number of rotatable bonds is 6. The van der Waals surface area contributed by atoms with Gasteiger partial charge in [0, 0.05) is 6.04 Å². The summed E-state index contributed by atoms with van der Waals surface area (Å²) in [5, 5.41) is 15.9. The van der Waals surface area contributed by atoms with Crippen LogP contribution in [0.25, 0.3) is 0 Å². The summed E-state index contributed by atoms with van der Waals surface area (Å²) in [4.78, 5) is 10.4. The second kappa shape index (κ2) is 5.78. The predicted octanol–water partition coefficient (Wildman–Crippen LogP) is 1.74. The third kappa shape index (κ3) is 4.39.